The second-order valence-electron chi connectivity index (χ2n) is 5.92. The van der Waals surface area contributed by atoms with Crippen LogP contribution < -0.4 is 5.32 Å². The maximum Gasteiger partial charge on any atom is 0.345 e. The molecule has 0 spiro atoms. The summed E-state index contributed by atoms with van der Waals surface area (Å²) in [6.07, 6.45) is 0. The lowest BCUT2D eigenvalue weighted by molar-refractivity contribution is -0.165. The molecule has 8 heteroatoms. The molecular formula is C15H20FN3O4. The lowest BCUT2D eigenvalue weighted by atomic mass is 9.95. The number of rotatable bonds is 4. The Bertz CT molecular complexity index is 621. The van der Waals surface area contributed by atoms with Crippen LogP contribution in [0.2, 0.25) is 0 Å². The molecule has 0 radical (unpaired) electrons. The zero-order valence-electron chi connectivity index (χ0n) is 13.6. The Morgan fingerprint density at radius 3 is 2.74 bits per heavy atom. The van der Waals surface area contributed by atoms with E-state index in [4.69, 9.17) is 9.68 Å². The standard InChI is InChI=1S/C15H20FN3O4/c1-15(2)9-23-19(13(15)20)8-10-5-6-11(7-12(10)16)17-14(21)18(3)22-4/h5-7H,8-9H2,1-4H3,(H,17,21). The number of anilines is 1. The topological polar surface area (TPSA) is 71.1 Å². The molecular weight excluding hydrogens is 305 g/mol. The average Bonchev–Trinajstić information content (AvgIpc) is 2.75. The predicted molar refractivity (Wildman–Crippen MR) is 80.5 cm³/mol. The first-order chi connectivity index (χ1) is 10.7. The number of amides is 3. The van der Waals surface area contributed by atoms with E-state index in [0.717, 1.165) is 10.1 Å². The van der Waals surface area contributed by atoms with Crippen molar-refractivity contribution >= 4 is 17.6 Å². The number of nitrogens with one attached hydrogen (secondary N) is 1. The molecule has 0 bridgehead atoms. The first-order valence-corrected chi connectivity index (χ1v) is 7.07. The Balaban J connectivity index is 2.06. The normalized spacial score (nSPS) is 16.6. The number of hydrogen-bond acceptors (Lipinski definition) is 4. The van der Waals surface area contributed by atoms with Gasteiger partial charge in [-0.2, -0.15) is 0 Å². The molecule has 0 unspecified atom stereocenters. The SMILES string of the molecule is CON(C)C(=O)Nc1ccc(CN2OCC(C)(C)C2=O)c(F)c1. The molecule has 7 nitrogen and oxygen atoms in total. The number of hydroxylamine groups is 4. The molecule has 1 aliphatic rings. The second kappa shape index (κ2) is 6.51. The van der Waals surface area contributed by atoms with Gasteiger partial charge in [-0.15, -0.1) is 0 Å². The molecule has 126 valence electrons. The number of hydrogen-bond donors (Lipinski definition) is 1. The average molecular weight is 325 g/mol. The maximum absolute atomic E-state index is 14.2. The van der Waals surface area contributed by atoms with Gasteiger partial charge in [-0.1, -0.05) is 6.07 Å². The Morgan fingerprint density at radius 1 is 1.52 bits per heavy atom. The molecule has 3 amide bonds. The quantitative estimate of drug-likeness (QED) is 0.861. The highest BCUT2D eigenvalue weighted by Gasteiger charge is 2.40. The minimum atomic E-state index is -0.602. The van der Waals surface area contributed by atoms with Crippen molar-refractivity contribution in [1.29, 1.82) is 0 Å². The van der Waals surface area contributed by atoms with E-state index in [1.165, 1.54) is 26.3 Å². The van der Waals surface area contributed by atoms with E-state index in [0.29, 0.717) is 5.56 Å². The van der Waals surface area contributed by atoms with Gasteiger partial charge in [0.2, 0.25) is 0 Å². The van der Waals surface area contributed by atoms with Crippen molar-refractivity contribution in [2.75, 3.05) is 26.1 Å². The Morgan fingerprint density at radius 2 is 2.22 bits per heavy atom. The summed E-state index contributed by atoms with van der Waals surface area (Å²) in [4.78, 5) is 33.7. The highest BCUT2D eigenvalue weighted by Crippen LogP contribution is 2.28. The molecule has 0 aliphatic carbocycles. The van der Waals surface area contributed by atoms with E-state index in [-0.39, 0.29) is 24.7 Å². The zero-order chi connectivity index (χ0) is 17.2. The van der Waals surface area contributed by atoms with Crippen LogP contribution in [-0.4, -0.2) is 42.8 Å². The van der Waals surface area contributed by atoms with Gasteiger partial charge in [-0.3, -0.25) is 14.5 Å². The van der Waals surface area contributed by atoms with Crippen LogP contribution in [0.1, 0.15) is 19.4 Å². The smallest absolute Gasteiger partial charge is 0.306 e. The van der Waals surface area contributed by atoms with Crippen molar-refractivity contribution in [3.8, 4) is 0 Å². The third-order valence-electron chi connectivity index (χ3n) is 3.56. The van der Waals surface area contributed by atoms with E-state index in [9.17, 15) is 14.0 Å². The Labute approximate surface area is 133 Å². The van der Waals surface area contributed by atoms with Gasteiger partial charge in [-0.05, 0) is 26.0 Å². The molecule has 1 aromatic carbocycles. The van der Waals surface area contributed by atoms with Crippen LogP contribution in [0.15, 0.2) is 18.2 Å². The van der Waals surface area contributed by atoms with Crippen molar-refractivity contribution < 1.29 is 23.7 Å². The summed E-state index contributed by atoms with van der Waals surface area (Å²) in [5.74, 6) is -0.722. The number of benzene rings is 1. The monoisotopic (exact) mass is 325 g/mol. The van der Waals surface area contributed by atoms with Gasteiger partial charge in [0.05, 0.1) is 25.7 Å². The van der Waals surface area contributed by atoms with Gasteiger partial charge >= 0.3 is 6.03 Å². The van der Waals surface area contributed by atoms with Crippen molar-refractivity contribution in [3.63, 3.8) is 0 Å². The van der Waals surface area contributed by atoms with E-state index >= 15 is 0 Å². The van der Waals surface area contributed by atoms with Crippen molar-refractivity contribution in [3.05, 3.63) is 29.6 Å². The maximum atomic E-state index is 14.2. The summed E-state index contributed by atoms with van der Waals surface area (Å²) >= 11 is 0. The van der Waals surface area contributed by atoms with Crippen LogP contribution in [0.3, 0.4) is 0 Å². The number of carbonyl (C=O) groups is 2. The number of nitrogens with zero attached hydrogens (tertiary/aromatic N) is 2. The third-order valence-corrected chi connectivity index (χ3v) is 3.56. The molecule has 1 heterocycles. The molecule has 23 heavy (non-hydrogen) atoms. The third kappa shape index (κ3) is 3.77. The van der Waals surface area contributed by atoms with Gasteiger partial charge in [0.1, 0.15) is 5.82 Å². The first kappa shape index (κ1) is 17.2. The van der Waals surface area contributed by atoms with Gasteiger partial charge < -0.3 is 5.32 Å². The van der Waals surface area contributed by atoms with Crippen molar-refractivity contribution in [2.45, 2.75) is 20.4 Å². The van der Waals surface area contributed by atoms with Gasteiger partial charge in [0.15, 0.2) is 0 Å². The van der Waals surface area contributed by atoms with Gasteiger partial charge in [0.25, 0.3) is 5.91 Å². The molecule has 1 aliphatic heterocycles. The molecule has 2 rings (SSSR count). The highest BCUT2D eigenvalue weighted by molar-refractivity contribution is 5.88. The minimum Gasteiger partial charge on any atom is -0.306 e. The lowest BCUT2D eigenvalue weighted by Gasteiger charge is -2.18. The predicted octanol–water partition coefficient (Wildman–Crippen LogP) is 2.15. The number of urea groups is 1. The van der Waals surface area contributed by atoms with E-state index in [2.05, 4.69) is 5.32 Å². The minimum absolute atomic E-state index is 0.0142. The number of carbonyl (C=O) groups excluding carboxylic acids is 2. The fourth-order valence-corrected chi connectivity index (χ4v) is 2.01. The van der Waals surface area contributed by atoms with Crippen LogP contribution in [0, 0.1) is 11.2 Å². The number of halogens is 1. The lowest BCUT2D eigenvalue weighted by Crippen LogP contribution is -2.31. The van der Waals surface area contributed by atoms with Gasteiger partial charge in [0, 0.05) is 18.3 Å². The van der Waals surface area contributed by atoms with Gasteiger partial charge in [-0.25, -0.2) is 19.3 Å². The molecule has 1 fully saturated rings. The van der Waals surface area contributed by atoms with Crippen molar-refractivity contribution in [1.82, 2.24) is 10.1 Å². The van der Waals surface area contributed by atoms with Crippen LogP contribution in [-0.2, 0) is 21.0 Å². The summed E-state index contributed by atoms with van der Waals surface area (Å²) in [6.45, 7) is 3.83. The van der Waals surface area contributed by atoms with Crippen LogP contribution >= 0.6 is 0 Å². The van der Waals surface area contributed by atoms with E-state index < -0.39 is 17.3 Å². The molecule has 0 aromatic heterocycles. The largest absolute Gasteiger partial charge is 0.345 e. The molecule has 0 saturated carbocycles. The summed E-state index contributed by atoms with van der Waals surface area (Å²) in [7, 11) is 2.77. The zero-order valence-corrected chi connectivity index (χ0v) is 13.6. The molecule has 1 aromatic rings. The molecule has 0 atom stereocenters. The second-order valence-corrected chi connectivity index (χ2v) is 5.92. The summed E-state index contributed by atoms with van der Waals surface area (Å²) in [6, 6.07) is 3.70. The van der Waals surface area contributed by atoms with Crippen LogP contribution in [0.25, 0.3) is 0 Å². The highest BCUT2D eigenvalue weighted by atomic mass is 19.1. The van der Waals surface area contributed by atoms with E-state index in [1.54, 1.807) is 19.9 Å². The summed E-state index contributed by atoms with van der Waals surface area (Å²) in [5, 5.41) is 4.63. The fraction of sp³-hybridized carbons (Fsp3) is 0.467. The Kier molecular flexibility index (Phi) is 4.86. The fourth-order valence-electron chi connectivity index (χ4n) is 2.01. The summed E-state index contributed by atoms with van der Waals surface area (Å²) < 4.78 is 14.2. The van der Waals surface area contributed by atoms with Crippen molar-refractivity contribution in [2.24, 2.45) is 5.41 Å². The van der Waals surface area contributed by atoms with Crippen LogP contribution in [0.4, 0.5) is 14.9 Å². The van der Waals surface area contributed by atoms with Crippen LogP contribution in [0.5, 0.6) is 0 Å². The molecule has 1 N–H and O–H groups in total. The first-order valence-electron chi connectivity index (χ1n) is 7.07. The molecule has 1 saturated heterocycles. The summed E-state index contributed by atoms with van der Waals surface area (Å²) in [5.41, 5.74) is -0.0157. The Hall–Kier alpha value is -2.19. The van der Waals surface area contributed by atoms with E-state index in [1.807, 2.05) is 0 Å².